The monoisotopic (exact) mass is 444 g/mol. The van der Waals surface area contributed by atoms with Gasteiger partial charge in [-0.25, -0.2) is 0 Å². The fourth-order valence-electron chi connectivity index (χ4n) is 4.65. The molecule has 184 valence electrons. The van der Waals surface area contributed by atoms with Gasteiger partial charge in [-0.2, -0.15) is 0 Å². The summed E-state index contributed by atoms with van der Waals surface area (Å²) in [5, 5.41) is 20.4. The molecular formula is C25H48O6. The van der Waals surface area contributed by atoms with Gasteiger partial charge in [0, 0.05) is 7.11 Å². The second kappa shape index (κ2) is 16.4. The van der Waals surface area contributed by atoms with Gasteiger partial charge in [0.15, 0.2) is 12.6 Å². The molecule has 0 radical (unpaired) electrons. The Morgan fingerprint density at radius 3 is 1.74 bits per heavy atom. The third-order valence-electron chi connectivity index (χ3n) is 6.67. The van der Waals surface area contributed by atoms with E-state index in [1.165, 1.54) is 97.0 Å². The Hall–Kier alpha value is -0.240. The van der Waals surface area contributed by atoms with Gasteiger partial charge in [-0.05, 0) is 12.8 Å². The molecule has 2 saturated heterocycles. The molecule has 0 aromatic carbocycles. The van der Waals surface area contributed by atoms with Gasteiger partial charge in [-0.1, -0.05) is 96.8 Å². The van der Waals surface area contributed by atoms with Crippen molar-refractivity contribution in [1.29, 1.82) is 0 Å². The largest absolute Gasteiger partial charge is 0.387 e. The molecule has 2 fully saturated rings. The average Bonchev–Trinajstić information content (AvgIpc) is 2.79. The maximum atomic E-state index is 10.3. The van der Waals surface area contributed by atoms with Crippen molar-refractivity contribution in [2.24, 2.45) is 0 Å². The van der Waals surface area contributed by atoms with E-state index in [0.29, 0.717) is 6.61 Å². The third-order valence-corrected chi connectivity index (χ3v) is 6.67. The van der Waals surface area contributed by atoms with Crippen molar-refractivity contribution >= 4 is 0 Å². The zero-order chi connectivity index (χ0) is 22.3. The quantitative estimate of drug-likeness (QED) is 0.305. The fourth-order valence-corrected chi connectivity index (χ4v) is 4.65. The zero-order valence-corrected chi connectivity index (χ0v) is 20.0. The summed E-state index contributed by atoms with van der Waals surface area (Å²) < 4.78 is 22.3. The number of aliphatic hydroxyl groups is 2. The summed E-state index contributed by atoms with van der Waals surface area (Å²) in [6.45, 7) is 2.63. The first-order valence-corrected chi connectivity index (χ1v) is 13.0. The first-order chi connectivity index (χ1) is 15.2. The van der Waals surface area contributed by atoms with Crippen LogP contribution in [0.5, 0.6) is 0 Å². The number of fused-ring (bicyclic) bond motifs is 1. The molecule has 2 N–H and O–H groups in total. The van der Waals surface area contributed by atoms with E-state index in [2.05, 4.69) is 6.92 Å². The number of hydrogen-bond acceptors (Lipinski definition) is 6. The third kappa shape index (κ3) is 10.1. The summed E-state index contributed by atoms with van der Waals surface area (Å²) in [5.41, 5.74) is 0. The van der Waals surface area contributed by atoms with E-state index < -0.39 is 30.7 Å². The lowest BCUT2D eigenvalue weighted by Crippen LogP contribution is -2.63. The minimum absolute atomic E-state index is 0.326. The molecule has 2 aliphatic heterocycles. The Labute approximate surface area is 190 Å². The SMILES string of the molecule is CCCCCCCCCCCCCCCCCC1OC[C@H]2O[C@H](OC)[C@H](O)[C@@H](O)[C@@H]2O1. The predicted octanol–water partition coefficient (Wildman–Crippen LogP) is 5.08. The van der Waals surface area contributed by atoms with Crippen LogP contribution in [0.4, 0.5) is 0 Å². The average molecular weight is 445 g/mol. The Morgan fingerprint density at radius 1 is 0.710 bits per heavy atom. The molecule has 1 unspecified atom stereocenters. The maximum Gasteiger partial charge on any atom is 0.186 e. The van der Waals surface area contributed by atoms with Crippen LogP contribution in [0.1, 0.15) is 110 Å². The van der Waals surface area contributed by atoms with Gasteiger partial charge >= 0.3 is 0 Å². The minimum Gasteiger partial charge on any atom is -0.387 e. The van der Waals surface area contributed by atoms with Crippen LogP contribution in [0.3, 0.4) is 0 Å². The summed E-state index contributed by atoms with van der Waals surface area (Å²) in [6, 6.07) is 0. The number of hydrogen-bond donors (Lipinski definition) is 2. The number of ether oxygens (including phenoxy) is 4. The summed E-state index contributed by atoms with van der Waals surface area (Å²) >= 11 is 0. The Bertz CT molecular complexity index is 432. The summed E-state index contributed by atoms with van der Waals surface area (Å²) in [5.74, 6) is 0. The van der Waals surface area contributed by atoms with Crippen molar-refractivity contribution < 1.29 is 29.2 Å². The van der Waals surface area contributed by atoms with Gasteiger partial charge in [-0.3, -0.25) is 0 Å². The van der Waals surface area contributed by atoms with Gasteiger partial charge in [0.1, 0.15) is 24.4 Å². The lowest BCUT2D eigenvalue weighted by atomic mass is 9.98. The molecule has 0 amide bonds. The molecule has 2 rings (SSSR count). The Balaban J connectivity index is 1.40. The van der Waals surface area contributed by atoms with E-state index in [9.17, 15) is 10.2 Å². The summed E-state index contributed by atoms with van der Waals surface area (Å²) in [6.07, 6.45) is 16.7. The summed E-state index contributed by atoms with van der Waals surface area (Å²) in [7, 11) is 1.45. The predicted molar refractivity (Wildman–Crippen MR) is 122 cm³/mol. The van der Waals surface area contributed by atoms with Crippen molar-refractivity contribution in [2.75, 3.05) is 13.7 Å². The molecule has 0 aromatic rings. The normalized spacial score (nSPS) is 31.0. The molecule has 2 aliphatic rings. The molecule has 0 spiro atoms. The molecular weight excluding hydrogens is 396 g/mol. The van der Waals surface area contributed by atoms with Crippen LogP contribution < -0.4 is 0 Å². The minimum atomic E-state index is -1.10. The second-order valence-corrected chi connectivity index (χ2v) is 9.36. The molecule has 6 heteroatoms. The molecule has 2 heterocycles. The van der Waals surface area contributed by atoms with Crippen LogP contribution in [-0.2, 0) is 18.9 Å². The number of rotatable bonds is 17. The van der Waals surface area contributed by atoms with Crippen molar-refractivity contribution in [3.63, 3.8) is 0 Å². The first-order valence-electron chi connectivity index (χ1n) is 13.0. The number of unbranched alkanes of at least 4 members (excludes halogenated alkanes) is 14. The second-order valence-electron chi connectivity index (χ2n) is 9.36. The van der Waals surface area contributed by atoms with E-state index in [-0.39, 0.29) is 6.29 Å². The number of aliphatic hydroxyl groups excluding tert-OH is 2. The van der Waals surface area contributed by atoms with Crippen LogP contribution in [0.2, 0.25) is 0 Å². The highest BCUT2D eigenvalue weighted by Crippen LogP contribution is 2.30. The standard InChI is InChI=1S/C25H48O6/c1-3-4-5-6-7-8-9-10-11-12-13-14-15-16-17-18-21-29-19-20-24(31-21)22(26)23(27)25(28-2)30-20/h20-27H,3-19H2,1-2H3/t20-,21?,22-,23-,24-,25+/m1/s1. The molecule has 31 heavy (non-hydrogen) atoms. The molecule has 0 bridgehead atoms. The van der Waals surface area contributed by atoms with Crippen molar-refractivity contribution in [3.8, 4) is 0 Å². The van der Waals surface area contributed by atoms with Crippen molar-refractivity contribution in [2.45, 2.75) is 147 Å². The Kier molecular flexibility index (Phi) is 14.3. The fraction of sp³-hybridized carbons (Fsp3) is 1.00. The first kappa shape index (κ1) is 27.0. The van der Waals surface area contributed by atoms with Crippen molar-refractivity contribution in [3.05, 3.63) is 0 Å². The molecule has 6 nitrogen and oxygen atoms in total. The van der Waals surface area contributed by atoms with Crippen LogP contribution in [-0.4, -0.2) is 60.9 Å². The van der Waals surface area contributed by atoms with Gasteiger partial charge in [0.2, 0.25) is 0 Å². The van der Waals surface area contributed by atoms with Gasteiger partial charge in [-0.15, -0.1) is 0 Å². The lowest BCUT2D eigenvalue weighted by Gasteiger charge is -2.45. The van der Waals surface area contributed by atoms with E-state index >= 15 is 0 Å². The van der Waals surface area contributed by atoms with Gasteiger partial charge in [0.05, 0.1) is 6.61 Å². The van der Waals surface area contributed by atoms with Crippen LogP contribution in [0.25, 0.3) is 0 Å². The highest BCUT2D eigenvalue weighted by atomic mass is 16.7. The number of methoxy groups -OCH3 is 1. The van der Waals surface area contributed by atoms with E-state index in [0.717, 1.165) is 12.8 Å². The lowest BCUT2D eigenvalue weighted by molar-refractivity contribution is -0.356. The van der Waals surface area contributed by atoms with Crippen LogP contribution in [0.15, 0.2) is 0 Å². The highest BCUT2D eigenvalue weighted by Gasteiger charge is 2.48. The van der Waals surface area contributed by atoms with Crippen molar-refractivity contribution in [1.82, 2.24) is 0 Å². The molecule has 0 aromatic heterocycles. The topological polar surface area (TPSA) is 77.4 Å². The van der Waals surface area contributed by atoms with Gasteiger partial charge < -0.3 is 29.2 Å². The smallest absolute Gasteiger partial charge is 0.186 e. The van der Waals surface area contributed by atoms with E-state index in [4.69, 9.17) is 18.9 Å². The maximum absolute atomic E-state index is 10.3. The summed E-state index contributed by atoms with van der Waals surface area (Å²) in [4.78, 5) is 0. The zero-order valence-electron chi connectivity index (χ0n) is 20.0. The van der Waals surface area contributed by atoms with Gasteiger partial charge in [0.25, 0.3) is 0 Å². The molecule has 0 saturated carbocycles. The molecule has 6 atom stereocenters. The Morgan fingerprint density at radius 2 is 1.23 bits per heavy atom. The van der Waals surface area contributed by atoms with E-state index in [1.54, 1.807) is 0 Å². The van der Waals surface area contributed by atoms with Crippen LogP contribution >= 0.6 is 0 Å². The van der Waals surface area contributed by atoms with Crippen LogP contribution in [0, 0.1) is 0 Å². The molecule has 0 aliphatic carbocycles. The highest BCUT2D eigenvalue weighted by molar-refractivity contribution is 4.92. The van der Waals surface area contributed by atoms with E-state index in [1.807, 2.05) is 0 Å².